The molecule has 2 aromatic carbocycles. The molecule has 0 saturated carbocycles. The molecule has 0 aliphatic heterocycles. The van der Waals surface area contributed by atoms with Gasteiger partial charge in [-0.15, -0.1) is 16.8 Å². The molecule has 0 unspecified atom stereocenters. The van der Waals surface area contributed by atoms with Crippen molar-refractivity contribution in [3.05, 3.63) is 72.8 Å². The van der Waals surface area contributed by atoms with Crippen LogP contribution in [0.5, 0.6) is 5.75 Å². The second-order valence-electron chi connectivity index (χ2n) is 5.49. The average molecular weight is 351 g/mol. The summed E-state index contributed by atoms with van der Waals surface area (Å²) in [6.07, 6.45) is 2.86. The van der Waals surface area contributed by atoms with Gasteiger partial charge in [-0.3, -0.25) is 4.57 Å². The number of nitrogens with zero attached hydrogens (tertiary/aromatic N) is 3. The summed E-state index contributed by atoms with van der Waals surface area (Å²) < 4.78 is 7.55. The number of hydrogen-bond acceptors (Lipinski definition) is 4. The van der Waals surface area contributed by atoms with Gasteiger partial charge < -0.3 is 4.74 Å². The minimum absolute atomic E-state index is 0.661. The lowest BCUT2D eigenvalue weighted by Crippen LogP contribution is -2.02. The molecule has 0 fully saturated rings. The highest BCUT2D eigenvalue weighted by molar-refractivity contribution is 7.99. The fraction of sp³-hybridized carbons (Fsp3) is 0.200. The number of rotatable bonds is 8. The average Bonchev–Trinajstić information content (AvgIpc) is 3.05. The van der Waals surface area contributed by atoms with Gasteiger partial charge in [0.1, 0.15) is 5.75 Å². The molecule has 5 heteroatoms. The highest BCUT2D eigenvalue weighted by Gasteiger charge is 2.16. The van der Waals surface area contributed by atoms with E-state index in [4.69, 9.17) is 4.74 Å². The van der Waals surface area contributed by atoms with Crippen molar-refractivity contribution >= 4 is 11.8 Å². The largest absolute Gasteiger partial charge is 0.496 e. The first-order chi connectivity index (χ1) is 12.3. The summed E-state index contributed by atoms with van der Waals surface area (Å²) in [7, 11) is 1.67. The fourth-order valence-electron chi connectivity index (χ4n) is 2.62. The predicted molar refractivity (Wildman–Crippen MR) is 103 cm³/mol. The van der Waals surface area contributed by atoms with Gasteiger partial charge >= 0.3 is 0 Å². The van der Waals surface area contributed by atoms with Gasteiger partial charge in [-0.1, -0.05) is 60.3 Å². The van der Waals surface area contributed by atoms with E-state index < -0.39 is 0 Å². The minimum atomic E-state index is 0.661. The van der Waals surface area contributed by atoms with Crippen molar-refractivity contribution in [2.24, 2.45) is 0 Å². The van der Waals surface area contributed by atoms with Crippen LogP contribution in [0.25, 0.3) is 11.4 Å². The molecule has 0 bridgehead atoms. The van der Waals surface area contributed by atoms with Gasteiger partial charge in [0.15, 0.2) is 11.0 Å². The van der Waals surface area contributed by atoms with E-state index >= 15 is 0 Å². The highest BCUT2D eigenvalue weighted by atomic mass is 32.2. The lowest BCUT2D eigenvalue weighted by molar-refractivity contribution is 0.416. The van der Waals surface area contributed by atoms with Crippen molar-refractivity contribution in [3.8, 4) is 17.1 Å². The van der Waals surface area contributed by atoms with Crippen molar-refractivity contribution < 1.29 is 4.74 Å². The molecule has 3 aromatic rings. The lowest BCUT2D eigenvalue weighted by atomic mass is 10.2. The Morgan fingerprint density at radius 3 is 2.60 bits per heavy atom. The molecule has 3 rings (SSSR count). The molecule has 0 spiro atoms. The smallest absolute Gasteiger partial charge is 0.191 e. The van der Waals surface area contributed by atoms with Crippen LogP contribution in [0.15, 0.2) is 72.4 Å². The summed E-state index contributed by atoms with van der Waals surface area (Å²) in [5.41, 5.74) is 2.27. The molecule has 0 N–H and O–H groups in total. The van der Waals surface area contributed by atoms with Crippen LogP contribution < -0.4 is 4.74 Å². The molecule has 1 aromatic heterocycles. The van der Waals surface area contributed by atoms with Gasteiger partial charge in [0.2, 0.25) is 0 Å². The molecule has 0 saturated heterocycles. The van der Waals surface area contributed by atoms with Crippen LogP contribution in [0.2, 0.25) is 0 Å². The summed E-state index contributed by atoms with van der Waals surface area (Å²) in [6, 6.07) is 18.3. The van der Waals surface area contributed by atoms with Gasteiger partial charge in [0.05, 0.1) is 12.7 Å². The van der Waals surface area contributed by atoms with Crippen molar-refractivity contribution in [2.45, 2.75) is 18.1 Å². The van der Waals surface area contributed by atoms with Gasteiger partial charge in [0, 0.05) is 12.3 Å². The Kier molecular flexibility index (Phi) is 5.90. The van der Waals surface area contributed by atoms with E-state index in [2.05, 4.69) is 45.6 Å². The normalized spacial score (nSPS) is 10.6. The fourth-order valence-corrected chi connectivity index (χ4v) is 3.56. The van der Waals surface area contributed by atoms with Gasteiger partial charge in [-0.25, -0.2) is 0 Å². The van der Waals surface area contributed by atoms with Crippen LogP contribution in [0, 0.1) is 0 Å². The quantitative estimate of drug-likeness (QED) is 0.443. The summed E-state index contributed by atoms with van der Waals surface area (Å²) in [5.74, 6) is 2.55. The summed E-state index contributed by atoms with van der Waals surface area (Å²) in [5, 5.41) is 9.69. The van der Waals surface area contributed by atoms with E-state index in [0.717, 1.165) is 34.5 Å². The Morgan fingerprint density at radius 1 is 1.08 bits per heavy atom. The Labute approximate surface area is 152 Å². The third-order valence-corrected chi connectivity index (χ3v) is 4.81. The van der Waals surface area contributed by atoms with Gasteiger partial charge in [0.25, 0.3) is 0 Å². The van der Waals surface area contributed by atoms with E-state index in [1.807, 2.05) is 36.4 Å². The first-order valence-electron chi connectivity index (χ1n) is 8.17. The number of allylic oxidation sites excluding steroid dienone is 1. The van der Waals surface area contributed by atoms with E-state index in [9.17, 15) is 0 Å². The van der Waals surface area contributed by atoms with Crippen molar-refractivity contribution in [2.75, 3.05) is 12.9 Å². The third-order valence-electron chi connectivity index (χ3n) is 3.84. The molecular weight excluding hydrogens is 330 g/mol. The number of ether oxygens (including phenoxy) is 1. The van der Waals surface area contributed by atoms with Crippen molar-refractivity contribution in [1.82, 2.24) is 14.8 Å². The van der Waals surface area contributed by atoms with E-state index in [1.54, 1.807) is 18.9 Å². The number of para-hydroxylation sites is 1. The lowest BCUT2D eigenvalue weighted by Gasteiger charge is -2.10. The predicted octanol–water partition coefficient (Wildman–Crippen LogP) is 4.47. The summed E-state index contributed by atoms with van der Waals surface area (Å²) in [4.78, 5) is 0. The van der Waals surface area contributed by atoms with Crippen LogP contribution in [0.3, 0.4) is 0 Å². The number of aromatic nitrogens is 3. The SMILES string of the molecule is C=CCn1c(SCCc2ccccc2)nnc1-c1ccccc1OC. The van der Waals surface area contributed by atoms with Crippen molar-refractivity contribution in [3.63, 3.8) is 0 Å². The molecule has 0 amide bonds. The molecule has 0 aliphatic carbocycles. The molecule has 0 radical (unpaired) electrons. The maximum Gasteiger partial charge on any atom is 0.191 e. The Balaban J connectivity index is 1.81. The van der Waals surface area contributed by atoms with Crippen LogP contribution in [-0.4, -0.2) is 27.6 Å². The summed E-state index contributed by atoms with van der Waals surface area (Å²) in [6.45, 7) is 4.53. The first-order valence-corrected chi connectivity index (χ1v) is 9.16. The molecule has 128 valence electrons. The minimum Gasteiger partial charge on any atom is -0.496 e. The Bertz CT molecular complexity index is 830. The van der Waals surface area contributed by atoms with Crippen LogP contribution in [-0.2, 0) is 13.0 Å². The van der Waals surface area contributed by atoms with Crippen molar-refractivity contribution in [1.29, 1.82) is 0 Å². The van der Waals surface area contributed by atoms with E-state index in [1.165, 1.54) is 5.56 Å². The first kappa shape index (κ1) is 17.3. The van der Waals surface area contributed by atoms with Gasteiger partial charge in [-0.05, 0) is 24.1 Å². The Hall–Kier alpha value is -2.53. The van der Waals surface area contributed by atoms with Crippen LogP contribution in [0.4, 0.5) is 0 Å². The molecule has 25 heavy (non-hydrogen) atoms. The molecule has 4 nitrogen and oxygen atoms in total. The molecule has 0 aliphatic rings. The zero-order valence-corrected chi connectivity index (χ0v) is 15.1. The van der Waals surface area contributed by atoms with Crippen LogP contribution >= 0.6 is 11.8 Å². The monoisotopic (exact) mass is 351 g/mol. The maximum absolute atomic E-state index is 5.47. The number of hydrogen-bond donors (Lipinski definition) is 0. The number of aryl methyl sites for hydroxylation is 1. The maximum atomic E-state index is 5.47. The molecule has 0 atom stereocenters. The second-order valence-corrected chi connectivity index (χ2v) is 6.55. The van der Waals surface area contributed by atoms with E-state index in [-0.39, 0.29) is 0 Å². The number of methoxy groups -OCH3 is 1. The topological polar surface area (TPSA) is 39.9 Å². The molecule has 1 heterocycles. The zero-order valence-electron chi connectivity index (χ0n) is 14.3. The summed E-state index contributed by atoms with van der Waals surface area (Å²) >= 11 is 1.71. The standard InChI is InChI=1S/C20H21N3OS/c1-3-14-23-19(17-11-7-8-12-18(17)24-2)21-22-20(23)25-15-13-16-9-5-4-6-10-16/h3-12H,1,13-15H2,2H3. The third kappa shape index (κ3) is 4.12. The molecular formula is C20H21N3OS. The zero-order chi connectivity index (χ0) is 17.5. The van der Waals surface area contributed by atoms with E-state index in [0.29, 0.717) is 6.54 Å². The second kappa shape index (κ2) is 8.53. The van der Waals surface area contributed by atoms with Crippen LogP contribution in [0.1, 0.15) is 5.56 Å². The highest BCUT2D eigenvalue weighted by Crippen LogP contribution is 2.31. The Morgan fingerprint density at radius 2 is 1.84 bits per heavy atom. The number of benzene rings is 2. The van der Waals surface area contributed by atoms with Gasteiger partial charge in [-0.2, -0.15) is 0 Å². The number of thioether (sulfide) groups is 1.